The van der Waals surface area contributed by atoms with E-state index < -0.39 is 0 Å². The Morgan fingerprint density at radius 1 is 1.09 bits per heavy atom. The molecule has 1 aliphatic heterocycles. The molecule has 2 aromatic rings. The fourth-order valence-electron chi connectivity index (χ4n) is 2.58. The Hall–Kier alpha value is -2.95. The van der Waals surface area contributed by atoms with E-state index in [0.29, 0.717) is 12.1 Å². The highest BCUT2D eigenvalue weighted by molar-refractivity contribution is 6.54. The molecule has 0 spiro atoms. The second kappa shape index (κ2) is 6.44. The summed E-state index contributed by atoms with van der Waals surface area (Å²) in [5.41, 5.74) is 4.84. The van der Waals surface area contributed by atoms with Crippen molar-refractivity contribution in [3.05, 3.63) is 65.7 Å². The molecule has 23 heavy (non-hydrogen) atoms. The fourth-order valence-corrected chi connectivity index (χ4v) is 2.58. The quantitative estimate of drug-likeness (QED) is 0.883. The van der Waals surface area contributed by atoms with Gasteiger partial charge in [0.2, 0.25) is 0 Å². The second-order valence-electron chi connectivity index (χ2n) is 5.24. The summed E-state index contributed by atoms with van der Waals surface area (Å²) in [6.45, 7) is 2.64. The monoisotopic (exact) mass is 307 g/mol. The first-order chi connectivity index (χ1) is 11.2. The Morgan fingerprint density at radius 3 is 2.52 bits per heavy atom. The van der Waals surface area contributed by atoms with Crippen LogP contribution in [-0.2, 0) is 4.79 Å². The molecule has 0 bridgehead atoms. The average Bonchev–Trinajstić information content (AvgIpc) is 2.86. The molecule has 116 valence electrons. The second-order valence-corrected chi connectivity index (χ2v) is 5.24. The molecule has 0 saturated heterocycles. The molecule has 0 fully saturated rings. The Labute approximate surface area is 134 Å². The largest absolute Gasteiger partial charge is 0.306 e. The van der Waals surface area contributed by atoms with Gasteiger partial charge in [0, 0.05) is 17.7 Å². The van der Waals surface area contributed by atoms with Gasteiger partial charge in [-0.05, 0) is 24.6 Å². The molecule has 1 aliphatic rings. The summed E-state index contributed by atoms with van der Waals surface area (Å²) in [7, 11) is 0. The maximum absolute atomic E-state index is 12.5. The van der Waals surface area contributed by atoms with Crippen molar-refractivity contribution >= 4 is 23.2 Å². The molecule has 5 nitrogen and oxygen atoms in total. The highest BCUT2D eigenvalue weighted by Gasteiger charge is 2.33. The SMILES string of the molecule is CCCN1C(=O)/C(=N\NC(=O)c2ccccc2)c2ccccc21. The number of carbonyl (C=O) groups is 2. The van der Waals surface area contributed by atoms with Crippen molar-refractivity contribution in [2.75, 3.05) is 11.4 Å². The Morgan fingerprint density at radius 2 is 1.78 bits per heavy atom. The summed E-state index contributed by atoms with van der Waals surface area (Å²) in [5.74, 6) is -0.515. The van der Waals surface area contributed by atoms with Crippen LogP contribution in [0.5, 0.6) is 0 Å². The number of hydrogen-bond acceptors (Lipinski definition) is 3. The Balaban J connectivity index is 1.87. The van der Waals surface area contributed by atoms with E-state index in [-0.39, 0.29) is 17.5 Å². The molecule has 2 amide bonds. The van der Waals surface area contributed by atoms with Gasteiger partial charge < -0.3 is 4.90 Å². The van der Waals surface area contributed by atoms with Gasteiger partial charge in [0.15, 0.2) is 5.71 Å². The van der Waals surface area contributed by atoms with Crippen LogP contribution in [-0.4, -0.2) is 24.1 Å². The Kier molecular flexibility index (Phi) is 4.19. The van der Waals surface area contributed by atoms with Gasteiger partial charge in [-0.1, -0.05) is 43.3 Å². The first kappa shape index (κ1) is 15.0. The highest BCUT2D eigenvalue weighted by atomic mass is 16.2. The van der Waals surface area contributed by atoms with Crippen molar-refractivity contribution in [3.8, 4) is 0 Å². The van der Waals surface area contributed by atoms with Crippen molar-refractivity contribution in [3.63, 3.8) is 0 Å². The topological polar surface area (TPSA) is 61.8 Å². The van der Waals surface area contributed by atoms with Gasteiger partial charge >= 0.3 is 0 Å². The van der Waals surface area contributed by atoms with Gasteiger partial charge in [-0.3, -0.25) is 9.59 Å². The smallest absolute Gasteiger partial charge is 0.279 e. The summed E-state index contributed by atoms with van der Waals surface area (Å²) >= 11 is 0. The number of benzene rings is 2. The molecule has 0 aromatic heterocycles. The third-order valence-electron chi connectivity index (χ3n) is 3.65. The lowest BCUT2D eigenvalue weighted by Gasteiger charge is -2.14. The van der Waals surface area contributed by atoms with Gasteiger partial charge in [0.25, 0.3) is 11.8 Å². The fraction of sp³-hybridized carbons (Fsp3) is 0.167. The van der Waals surface area contributed by atoms with Crippen LogP contribution in [0.4, 0.5) is 5.69 Å². The number of para-hydroxylation sites is 1. The number of amides is 2. The standard InChI is InChI=1S/C18H17N3O2/c1-2-12-21-15-11-7-6-10-14(15)16(18(21)23)19-20-17(22)13-8-4-3-5-9-13/h3-11H,2,12H2,1H3,(H,20,22)/b19-16-. The minimum Gasteiger partial charge on any atom is -0.306 e. The maximum Gasteiger partial charge on any atom is 0.279 e. The summed E-state index contributed by atoms with van der Waals surface area (Å²) in [4.78, 5) is 26.3. The highest BCUT2D eigenvalue weighted by Crippen LogP contribution is 2.28. The van der Waals surface area contributed by atoms with Crippen molar-refractivity contribution in [2.45, 2.75) is 13.3 Å². The lowest BCUT2D eigenvalue weighted by Crippen LogP contribution is -2.32. The Bertz CT molecular complexity index is 769. The number of nitrogens with one attached hydrogen (secondary N) is 1. The van der Waals surface area contributed by atoms with E-state index in [2.05, 4.69) is 10.5 Å². The third-order valence-corrected chi connectivity index (χ3v) is 3.65. The van der Waals surface area contributed by atoms with E-state index in [4.69, 9.17) is 0 Å². The molecule has 0 saturated carbocycles. The van der Waals surface area contributed by atoms with E-state index in [9.17, 15) is 9.59 Å². The van der Waals surface area contributed by atoms with E-state index in [1.807, 2.05) is 37.3 Å². The molecule has 0 unspecified atom stereocenters. The van der Waals surface area contributed by atoms with Crippen LogP contribution in [0.25, 0.3) is 0 Å². The summed E-state index contributed by atoms with van der Waals surface area (Å²) in [6, 6.07) is 16.3. The van der Waals surface area contributed by atoms with Crippen LogP contribution < -0.4 is 10.3 Å². The predicted molar refractivity (Wildman–Crippen MR) is 89.5 cm³/mol. The molecule has 3 rings (SSSR count). The summed E-state index contributed by atoms with van der Waals surface area (Å²) < 4.78 is 0. The summed E-state index contributed by atoms with van der Waals surface area (Å²) in [5, 5.41) is 4.08. The number of hydrogen-bond donors (Lipinski definition) is 1. The van der Waals surface area contributed by atoms with E-state index in [0.717, 1.165) is 17.7 Å². The predicted octanol–water partition coefficient (Wildman–Crippen LogP) is 2.58. The lowest BCUT2D eigenvalue weighted by atomic mass is 10.1. The van der Waals surface area contributed by atoms with E-state index in [1.54, 1.807) is 29.2 Å². The third kappa shape index (κ3) is 2.85. The molecule has 1 N–H and O–H groups in total. The number of hydrazone groups is 1. The zero-order chi connectivity index (χ0) is 16.2. The van der Waals surface area contributed by atoms with E-state index in [1.165, 1.54) is 0 Å². The van der Waals surface area contributed by atoms with Crippen molar-refractivity contribution in [1.29, 1.82) is 0 Å². The molecule has 0 radical (unpaired) electrons. The van der Waals surface area contributed by atoms with Gasteiger partial charge in [0.05, 0.1) is 5.69 Å². The zero-order valence-electron chi connectivity index (χ0n) is 12.8. The van der Waals surface area contributed by atoms with Gasteiger partial charge in [0.1, 0.15) is 0 Å². The molecule has 0 atom stereocenters. The van der Waals surface area contributed by atoms with Crippen LogP contribution in [0.15, 0.2) is 59.7 Å². The van der Waals surface area contributed by atoms with Gasteiger partial charge in [-0.2, -0.15) is 5.10 Å². The van der Waals surface area contributed by atoms with Gasteiger partial charge in [-0.15, -0.1) is 0 Å². The number of carbonyl (C=O) groups excluding carboxylic acids is 2. The number of anilines is 1. The van der Waals surface area contributed by atoms with Crippen molar-refractivity contribution in [1.82, 2.24) is 5.43 Å². The number of rotatable bonds is 4. The van der Waals surface area contributed by atoms with E-state index >= 15 is 0 Å². The van der Waals surface area contributed by atoms with Crippen LogP contribution in [0, 0.1) is 0 Å². The number of fused-ring (bicyclic) bond motifs is 1. The molecule has 5 heteroatoms. The normalized spacial score (nSPS) is 14.9. The lowest BCUT2D eigenvalue weighted by molar-refractivity contribution is -0.112. The minimum absolute atomic E-state index is 0.179. The first-order valence-electron chi connectivity index (χ1n) is 7.56. The average molecular weight is 307 g/mol. The van der Waals surface area contributed by atoms with Crippen molar-refractivity contribution < 1.29 is 9.59 Å². The zero-order valence-corrected chi connectivity index (χ0v) is 12.8. The molecule has 2 aromatic carbocycles. The molecular formula is C18H17N3O2. The summed E-state index contributed by atoms with van der Waals surface area (Å²) in [6.07, 6.45) is 0.851. The number of nitrogens with zero attached hydrogens (tertiary/aromatic N) is 2. The maximum atomic E-state index is 12.5. The van der Waals surface area contributed by atoms with Crippen LogP contribution >= 0.6 is 0 Å². The van der Waals surface area contributed by atoms with Crippen LogP contribution in [0.2, 0.25) is 0 Å². The van der Waals surface area contributed by atoms with Crippen LogP contribution in [0.3, 0.4) is 0 Å². The molecule has 0 aliphatic carbocycles. The van der Waals surface area contributed by atoms with Gasteiger partial charge in [-0.25, -0.2) is 5.43 Å². The minimum atomic E-state index is -0.336. The molecular weight excluding hydrogens is 290 g/mol. The van der Waals surface area contributed by atoms with Crippen molar-refractivity contribution in [2.24, 2.45) is 5.10 Å². The van der Waals surface area contributed by atoms with Crippen LogP contribution in [0.1, 0.15) is 29.3 Å². The molecule has 1 heterocycles. The first-order valence-corrected chi connectivity index (χ1v) is 7.56.